The maximum Gasteiger partial charge on any atom is 0.266 e. The second-order valence-electron chi connectivity index (χ2n) is 6.80. The van der Waals surface area contributed by atoms with Gasteiger partial charge in [-0.2, -0.15) is 5.26 Å². The molecule has 8 heteroatoms. The second kappa shape index (κ2) is 12.0. The summed E-state index contributed by atoms with van der Waals surface area (Å²) in [6.45, 7) is 2.68. The maximum atomic E-state index is 12.6. The fourth-order valence-electron chi connectivity index (χ4n) is 2.85. The summed E-state index contributed by atoms with van der Waals surface area (Å²) in [6, 6.07) is 20.5. The Morgan fingerprint density at radius 1 is 1.00 bits per heavy atom. The number of carbonyl (C=O) groups is 1. The van der Waals surface area contributed by atoms with Crippen LogP contribution in [0.5, 0.6) is 11.5 Å². The summed E-state index contributed by atoms with van der Waals surface area (Å²) in [7, 11) is 0. The third-order valence-electron chi connectivity index (χ3n) is 4.42. The van der Waals surface area contributed by atoms with E-state index in [1.807, 2.05) is 43.3 Å². The summed E-state index contributed by atoms with van der Waals surface area (Å²) >= 11 is 10.3. The van der Waals surface area contributed by atoms with E-state index in [0.717, 1.165) is 14.5 Å². The van der Waals surface area contributed by atoms with Crippen LogP contribution in [0.25, 0.3) is 6.08 Å². The predicted molar refractivity (Wildman–Crippen MR) is 140 cm³/mol. The summed E-state index contributed by atoms with van der Waals surface area (Å²) in [5, 5.41) is 12.3. The van der Waals surface area contributed by atoms with Gasteiger partial charge in [-0.1, -0.05) is 66.0 Å². The van der Waals surface area contributed by atoms with E-state index in [1.54, 1.807) is 30.3 Å². The zero-order chi connectivity index (χ0) is 23.8. The SMILES string of the molecule is CCOc1cc(/C=C(/C#N)C(=O)Nc2cccc(Br)c2)c(Br)cc1OCc1ccc(Br)cc1. The topological polar surface area (TPSA) is 71.3 Å². The quantitative estimate of drug-likeness (QED) is 0.206. The monoisotopic (exact) mass is 632 g/mol. The number of amides is 1. The van der Waals surface area contributed by atoms with Crippen LogP contribution in [0.3, 0.4) is 0 Å². The van der Waals surface area contributed by atoms with Gasteiger partial charge in [0.1, 0.15) is 18.2 Å². The highest BCUT2D eigenvalue weighted by molar-refractivity contribution is 9.11. The molecule has 0 fully saturated rings. The van der Waals surface area contributed by atoms with Crippen LogP contribution in [0.1, 0.15) is 18.1 Å². The average molecular weight is 635 g/mol. The first-order valence-corrected chi connectivity index (χ1v) is 12.3. The minimum Gasteiger partial charge on any atom is -0.490 e. The number of benzene rings is 3. The molecule has 0 atom stereocenters. The molecule has 33 heavy (non-hydrogen) atoms. The van der Waals surface area contributed by atoms with Gasteiger partial charge in [-0.25, -0.2) is 0 Å². The Labute approximate surface area is 217 Å². The van der Waals surface area contributed by atoms with Crippen LogP contribution in [0.4, 0.5) is 5.69 Å². The van der Waals surface area contributed by atoms with Gasteiger partial charge in [0, 0.05) is 19.1 Å². The highest BCUT2D eigenvalue weighted by Gasteiger charge is 2.14. The summed E-state index contributed by atoms with van der Waals surface area (Å²) in [4.78, 5) is 12.6. The van der Waals surface area contributed by atoms with Crippen molar-refractivity contribution in [2.24, 2.45) is 0 Å². The number of rotatable bonds is 8. The van der Waals surface area contributed by atoms with Crippen molar-refractivity contribution in [3.05, 3.63) is 90.8 Å². The van der Waals surface area contributed by atoms with Gasteiger partial charge in [-0.05, 0) is 66.6 Å². The lowest BCUT2D eigenvalue weighted by atomic mass is 10.1. The number of halogens is 3. The van der Waals surface area contributed by atoms with Gasteiger partial charge < -0.3 is 14.8 Å². The molecular formula is C25H19Br3N2O3. The molecule has 0 saturated carbocycles. The third-order valence-corrected chi connectivity index (χ3v) is 6.13. The average Bonchev–Trinajstić information content (AvgIpc) is 2.79. The van der Waals surface area contributed by atoms with E-state index in [4.69, 9.17) is 9.47 Å². The van der Waals surface area contributed by atoms with E-state index in [1.165, 1.54) is 6.08 Å². The van der Waals surface area contributed by atoms with Gasteiger partial charge in [0.15, 0.2) is 11.5 Å². The minimum atomic E-state index is -0.504. The highest BCUT2D eigenvalue weighted by atomic mass is 79.9. The number of nitrogens with zero attached hydrogens (tertiary/aromatic N) is 1. The van der Waals surface area contributed by atoms with E-state index in [0.29, 0.717) is 40.4 Å². The fourth-order valence-corrected chi connectivity index (χ4v) is 3.95. The second-order valence-corrected chi connectivity index (χ2v) is 9.49. The van der Waals surface area contributed by atoms with E-state index in [-0.39, 0.29) is 5.57 Å². The molecular weight excluding hydrogens is 616 g/mol. The molecule has 1 N–H and O–H groups in total. The molecule has 0 aromatic heterocycles. The Bertz CT molecular complexity index is 1220. The van der Waals surface area contributed by atoms with Crippen LogP contribution < -0.4 is 14.8 Å². The van der Waals surface area contributed by atoms with Crippen molar-refractivity contribution in [1.29, 1.82) is 5.26 Å². The van der Waals surface area contributed by atoms with Gasteiger partial charge in [-0.15, -0.1) is 0 Å². The largest absolute Gasteiger partial charge is 0.490 e. The van der Waals surface area contributed by atoms with Gasteiger partial charge in [-0.3, -0.25) is 4.79 Å². The number of hydrogen-bond acceptors (Lipinski definition) is 4. The van der Waals surface area contributed by atoms with Crippen LogP contribution in [0.15, 0.2) is 79.7 Å². The molecule has 3 rings (SSSR count). The number of hydrogen-bond donors (Lipinski definition) is 1. The number of nitriles is 1. The standard InChI is InChI=1S/C25H19Br3N2O3/c1-2-32-23-11-17(10-18(14-29)25(31)30-21-5-3-4-20(27)12-21)22(28)13-24(23)33-15-16-6-8-19(26)9-7-16/h3-13H,2,15H2,1H3,(H,30,31)/b18-10-. The van der Waals surface area contributed by atoms with Gasteiger partial charge in [0.25, 0.3) is 5.91 Å². The molecule has 0 aliphatic heterocycles. The molecule has 168 valence electrons. The van der Waals surface area contributed by atoms with Crippen molar-refractivity contribution in [2.75, 3.05) is 11.9 Å². The van der Waals surface area contributed by atoms with E-state index in [2.05, 4.69) is 53.1 Å². The van der Waals surface area contributed by atoms with Crippen molar-refractivity contribution in [3.8, 4) is 17.6 Å². The van der Waals surface area contributed by atoms with Gasteiger partial charge >= 0.3 is 0 Å². The van der Waals surface area contributed by atoms with Crippen molar-refractivity contribution >= 4 is 65.5 Å². The molecule has 3 aromatic rings. The molecule has 0 unspecified atom stereocenters. The Hall–Kier alpha value is -2.60. The highest BCUT2D eigenvalue weighted by Crippen LogP contribution is 2.35. The Morgan fingerprint density at radius 3 is 2.39 bits per heavy atom. The van der Waals surface area contributed by atoms with Crippen molar-refractivity contribution in [2.45, 2.75) is 13.5 Å². The van der Waals surface area contributed by atoms with Crippen LogP contribution >= 0.6 is 47.8 Å². The summed E-state index contributed by atoms with van der Waals surface area (Å²) in [5.41, 5.74) is 2.18. The molecule has 0 radical (unpaired) electrons. The van der Waals surface area contributed by atoms with Crippen molar-refractivity contribution < 1.29 is 14.3 Å². The molecule has 0 aliphatic carbocycles. The number of ether oxygens (including phenoxy) is 2. The zero-order valence-electron chi connectivity index (χ0n) is 17.6. The molecule has 0 bridgehead atoms. The summed E-state index contributed by atoms with van der Waals surface area (Å²) in [5.74, 6) is 0.575. The zero-order valence-corrected chi connectivity index (χ0v) is 22.3. The van der Waals surface area contributed by atoms with Crippen LogP contribution in [0.2, 0.25) is 0 Å². The van der Waals surface area contributed by atoms with E-state index >= 15 is 0 Å². The number of carbonyl (C=O) groups excluding carboxylic acids is 1. The molecule has 0 heterocycles. The Kier molecular flexibility index (Phi) is 9.12. The summed E-state index contributed by atoms with van der Waals surface area (Å²) < 4.78 is 14.2. The predicted octanol–water partition coefficient (Wildman–Crippen LogP) is 7.50. The Morgan fingerprint density at radius 2 is 1.73 bits per heavy atom. The normalized spacial score (nSPS) is 10.9. The lowest BCUT2D eigenvalue weighted by Gasteiger charge is -2.14. The molecule has 0 aliphatic rings. The van der Waals surface area contributed by atoms with E-state index in [9.17, 15) is 10.1 Å². The van der Waals surface area contributed by atoms with Gasteiger partial charge in [0.05, 0.1) is 6.61 Å². The van der Waals surface area contributed by atoms with Gasteiger partial charge in [0.2, 0.25) is 0 Å². The Balaban J connectivity index is 1.84. The van der Waals surface area contributed by atoms with E-state index < -0.39 is 5.91 Å². The first kappa shape index (κ1) is 25.0. The van der Waals surface area contributed by atoms with Crippen LogP contribution in [-0.4, -0.2) is 12.5 Å². The lowest BCUT2D eigenvalue weighted by Crippen LogP contribution is -2.13. The molecule has 3 aromatic carbocycles. The van der Waals surface area contributed by atoms with Crippen LogP contribution in [0, 0.1) is 11.3 Å². The molecule has 1 amide bonds. The molecule has 5 nitrogen and oxygen atoms in total. The van der Waals surface area contributed by atoms with Crippen molar-refractivity contribution in [3.63, 3.8) is 0 Å². The number of nitrogens with one attached hydrogen (secondary N) is 1. The first-order valence-electron chi connectivity index (χ1n) is 9.92. The van der Waals surface area contributed by atoms with Crippen LogP contribution in [-0.2, 0) is 11.4 Å². The maximum absolute atomic E-state index is 12.6. The lowest BCUT2D eigenvalue weighted by molar-refractivity contribution is -0.112. The smallest absolute Gasteiger partial charge is 0.266 e. The third kappa shape index (κ3) is 7.19. The van der Waals surface area contributed by atoms with Crippen molar-refractivity contribution in [1.82, 2.24) is 0 Å². The molecule has 0 saturated heterocycles. The minimum absolute atomic E-state index is 0.0401. The summed E-state index contributed by atoms with van der Waals surface area (Å²) in [6.07, 6.45) is 1.51. The number of anilines is 1. The molecule has 0 spiro atoms. The fraction of sp³-hybridized carbons (Fsp3) is 0.120. The first-order chi connectivity index (χ1) is 15.9.